The SMILES string of the molecule is CN(C)CCCOc1ccc(-c2nnc(CSCCO)o2)cc1.Cl. The molecule has 134 valence electrons. The van der Waals surface area contributed by atoms with Gasteiger partial charge in [-0.3, -0.25) is 0 Å². The Balaban J connectivity index is 0.00000288. The van der Waals surface area contributed by atoms with E-state index in [0.29, 0.717) is 29.9 Å². The van der Waals surface area contributed by atoms with E-state index in [1.165, 1.54) is 0 Å². The maximum atomic E-state index is 8.76. The fourth-order valence-electron chi connectivity index (χ4n) is 1.92. The summed E-state index contributed by atoms with van der Waals surface area (Å²) >= 11 is 1.56. The Morgan fingerprint density at radius 3 is 2.62 bits per heavy atom. The summed E-state index contributed by atoms with van der Waals surface area (Å²) in [5, 5.41) is 16.8. The van der Waals surface area contributed by atoms with Crippen LogP contribution < -0.4 is 4.74 Å². The van der Waals surface area contributed by atoms with Crippen molar-refractivity contribution >= 4 is 24.2 Å². The third-order valence-electron chi connectivity index (χ3n) is 3.05. The van der Waals surface area contributed by atoms with Crippen LogP contribution in [0.4, 0.5) is 0 Å². The van der Waals surface area contributed by atoms with Crippen LogP contribution in [0.2, 0.25) is 0 Å². The number of hydrogen-bond acceptors (Lipinski definition) is 7. The van der Waals surface area contributed by atoms with Crippen molar-refractivity contribution < 1.29 is 14.3 Å². The molecule has 0 aliphatic heterocycles. The Morgan fingerprint density at radius 1 is 1.21 bits per heavy atom. The van der Waals surface area contributed by atoms with Gasteiger partial charge in [0.05, 0.1) is 19.0 Å². The Bertz CT molecular complexity index is 578. The van der Waals surface area contributed by atoms with Gasteiger partial charge in [0.25, 0.3) is 0 Å². The van der Waals surface area contributed by atoms with Crippen LogP contribution in [-0.2, 0) is 5.75 Å². The number of rotatable bonds is 10. The Kier molecular flexibility index (Phi) is 9.78. The third-order valence-corrected chi connectivity index (χ3v) is 3.97. The molecule has 0 atom stereocenters. The summed E-state index contributed by atoms with van der Waals surface area (Å²) in [6.07, 6.45) is 0.993. The van der Waals surface area contributed by atoms with Crippen LogP contribution >= 0.6 is 24.2 Å². The molecule has 1 aromatic heterocycles. The highest BCUT2D eigenvalue weighted by Crippen LogP contribution is 2.22. The van der Waals surface area contributed by atoms with Gasteiger partial charge in [0.2, 0.25) is 11.8 Å². The number of benzene rings is 1. The van der Waals surface area contributed by atoms with E-state index in [2.05, 4.69) is 29.2 Å². The summed E-state index contributed by atoms with van der Waals surface area (Å²) in [6.45, 7) is 1.86. The largest absolute Gasteiger partial charge is 0.494 e. The van der Waals surface area contributed by atoms with Crippen molar-refractivity contribution in [2.45, 2.75) is 12.2 Å². The van der Waals surface area contributed by atoms with Crippen molar-refractivity contribution in [2.24, 2.45) is 0 Å². The van der Waals surface area contributed by atoms with E-state index in [-0.39, 0.29) is 19.0 Å². The second-order valence-electron chi connectivity index (χ2n) is 5.31. The van der Waals surface area contributed by atoms with Crippen molar-refractivity contribution in [3.63, 3.8) is 0 Å². The molecule has 0 radical (unpaired) electrons. The summed E-state index contributed by atoms with van der Waals surface area (Å²) in [5.74, 6) is 3.19. The van der Waals surface area contributed by atoms with Crippen molar-refractivity contribution in [1.82, 2.24) is 15.1 Å². The number of ether oxygens (including phenoxy) is 1. The summed E-state index contributed by atoms with van der Waals surface area (Å²) < 4.78 is 11.3. The lowest BCUT2D eigenvalue weighted by Crippen LogP contribution is -2.15. The first-order chi connectivity index (χ1) is 11.2. The average molecular weight is 374 g/mol. The predicted octanol–water partition coefficient (Wildman–Crippen LogP) is 2.71. The van der Waals surface area contributed by atoms with Gasteiger partial charge < -0.3 is 19.2 Å². The number of thioether (sulfide) groups is 1. The van der Waals surface area contributed by atoms with Crippen LogP contribution in [0, 0.1) is 0 Å². The molecule has 1 N–H and O–H groups in total. The zero-order chi connectivity index (χ0) is 16.5. The number of hydrogen-bond donors (Lipinski definition) is 1. The van der Waals surface area contributed by atoms with Crippen molar-refractivity contribution in [3.8, 4) is 17.2 Å². The lowest BCUT2D eigenvalue weighted by Gasteiger charge is -2.10. The quantitative estimate of drug-likeness (QED) is 0.642. The van der Waals surface area contributed by atoms with Gasteiger partial charge in [0.1, 0.15) is 5.75 Å². The van der Waals surface area contributed by atoms with Crippen LogP contribution in [0.5, 0.6) is 5.75 Å². The topological polar surface area (TPSA) is 71.6 Å². The lowest BCUT2D eigenvalue weighted by molar-refractivity contribution is 0.281. The fourth-order valence-corrected chi connectivity index (χ4v) is 2.48. The van der Waals surface area contributed by atoms with Gasteiger partial charge in [-0.1, -0.05) is 0 Å². The van der Waals surface area contributed by atoms with E-state index < -0.39 is 0 Å². The molecule has 1 heterocycles. The molecule has 0 aliphatic carbocycles. The van der Waals surface area contributed by atoms with Gasteiger partial charge in [0, 0.05) is 17.9 Å². The zero-order valence-corrected chi connectivity index (χ0v) is 15.6. The molecule has 1 aromatic carbocycles. The minimum Gasteiger partial charge on any atom is -0.494 e. The van der Waals surface area contributed by atoms with Crippen molar-refractivity contribution in [2.75, 3.05) is 39.6 Å². The number of aromatic nitrogens is 2. The van der Waals surface area contributed by atoms with E-state index >= 15 is 0 Å². The molecule has 2 rings (SSSR count). The van der Waals surface area contributed by atoms with Crippen LogP contribution in [0.3, 0.4) is 0 Å². The van der Waals surface area contributed by atoms with E-state index in [1.54, 1.807) is 11.8 Å². The molecule has 0 unspecified atom stereocenters. The molecule has 0 fully saturated rings. The summed E-state index contributed by atoms with van der Waals surface area (Å²) in [4.78, 5) is 2.14. The van der Waals surface area contributed by atoms with Gasteiger partial charge in [0.15, 0.2) is 0 Å². The normalized spacial score (nSPS) is 10.7. The molecule has 24 heavy (non-hydrogen) atoms. The van der Waals surface area contributed by atoms with Crippen LogP contribution in [0.25, 0.3) is 11.5 Å². The fraction of sp³-hybridized carbons (Fsp3) is 0.500. The van der Waals surface area contributed by atoms with Crippen LogP contribution in [0.15, 0.2) is 28.7 Å². The summed E-state index contributed by atoms with van der Waals surface area (Å²) in [5.41, 5.74) is 0.872. The van der Waals surface area contributed by atoms with Gasteiger partial charge in [-0.15, -0.1) is 34.4 Å². The molecule has 0 bridgehead atoms. The van der Waals surface area contributed by atoms with Gasteiger partial charge in [-0.05, 0) is 44.8 Å². The number of nitrogens with zero attached hydrogens (tertiary/aromatic N) is 3. The number of aliphatic hydroxyl groups excluding tert-OH is 1. The molecule has 0 saturated carbocycles. The van der Waals surface area contributed by atoms with E-state index in [0.717, 1.165) is 24.3 Å². The molecule has 0 amide bonds. The van der Waals surface area contributed by atoms with E-state index in [1.807, 2.05) is 24.3 Å². The Hall–Kier alpha value is -1.28. The second-order valence-corrected chi connectivity index (χ2v) is 6.41. The highest BCUT2D eigenvalue weighted by molar-refractivity contribution is 7.98. The van der Waals surface area contributed by atoms with Gasteiger partial charge in [-0.2, -0.15) is 0 Å². The second kappa shape index (κ2) is 11.3. The van der Waals surface area contributed by atoms with Gasteiger partial charge in [-0.25, -0.2) is 0 Å². The van der Waals surface area contributed by atoms with Gasteiger partial charge >= 0.3 is 0 Å². The third kappa shape index (κ3) is 7.09. The molecule has 6 nitrogen and oxygen atoms in total. The molecule has 2 aromatic rings. The standard InChI is InChI=1S/C16H23N3O3S.ClH/c1-19(2)8-3-10-21-14-6-4-13(5-7-14)16-18-17-15(22-16)12-23-11-9-20;/h4-7,20H,3,8-12H2,1-2H3;1H. The van der Waals surface area contributed by atoms with E-state index in [4.69, 9.17) is 14.3 Å². The first-order valence-electron chi connectivity index (χ1n) is 7.58. The maximum absolute atomic E-state index is 8.76. The summed E-state index contributed by atoms with van der Waals surface area (Å²) in [6, 6.07) is 7.66. The molecular formula is C16H24ClN3O3S. The monoisotopic (exact) mass is 373 g/mol. The maximum Gasteiger partial charge on any atom is 0.247 e. The summed E-state index contributed by atoms with van der Waals surface area (Å²) in [7, 11) is 4.10. The molecule has 0 saturated heterocycles. The molecule has 8 heteroatoms. The number of halogens is 1. The first kappa shape index (κ1) is 20.8. The molecular weight excluding hydrogens is 350 g/mol. The Labute approximate surface area is 153 Å². The zero-order valence-electron chi connectivity index (χ0n) is 14.0. The smallest absolute Gasteiger partial charge is 0.247 e. The lowest BCUT2D eigenvalue weighted by atomic mass is 10.2. The predicted molar refractivity (Wildman–Crippen MR) is 98.9 cm³/mol. The van der Waals surface area contributed by atoms with Crippen LogP contribution in [0.1, 0.15) is 12.3 Å². The minimum atomic E-state index is 0. The van der Waals surface area contributed by atoms with Crippen molar-refractivity contribution in [1.29, 1.82) is 0 Å². The first-order valence-corrected chi connectivity index (χ1v) is 8.73. The number of aliphatic hydroxyl groups is 1. The average Bonchev–Trinajstić information content (AvgIpc) is 3.01. The minimum absolute atomic E-state index is 0. The molecule has 0 aliphatic rings. The highest BCUT2D eigenvalue weighted by atomic mass is 35.5. The highest BCUT2D eigenvalue weighted by Gasteiger charge is 2.08. The Morgan fingerprint density at radius 2 is 1.96 bits per heavy atom. The van der Waals surface area contributed by atoms with Crippen LogP contribution in [-0.4, -0.2) is 59.8 Å². The van der Waals surface area contributed by atoms with E-state index in [9.17, 15) is 0 Å². The van der Waals surface area contributed by atoms with Crippen molar-refractivity contribution in [3.05, 3.63) is 30.2 Å². The molecule has 0 spiro atoms.